The Bertz CT molecular complexity index is 3040. The molecule has 10 rings (SSSR count). The number of rotatable bonds is 9. The van der Waals surface area contributed by atoms with Gasteiger partial charge in [-0.05, 0) is 130 Å². The zero-order valence-electron chi connectivity index (χ0n) is 32.1. The van der Waals surface area contributed by atoms with E-state index in [0.717, 1.165) is 12.8 Å². The van der Waals surface area contributed by atoms with Crippen LogP contribution in [0.4, 0.5) is 0 Å². The third kappa shape index (κ3) is 6.40. The minimum Gasteiger partial charge on any atom is -0.0836 e. The van der Waals surface area contributed by atoms with E-state index in [-0.39, 0.29) is 0 Å². The maximum atomic E-state index is 2.44. The van der Waals surface area contributed by atoms with Gasteiger partial charge in [0, 0.05) is 0 Å². The van der Waals surface area contributed by atoms with E-state index < -0.39 is 0 Å². The molecular weight excluding hydrogens is 685 g/mol. The lowest BCUT2D eigenvalue weighted by Crippen LogP contribution is -1.94. The molecule has 0 N–H and O–H groups in total. The molecule has 270 valence electrons. The van der Waals surface area contributed by atoms with Crippen LogP contribution in [0, 0.1) is 6.92 Å². The van der Waals surface area contributed by atoms with Gasteiger partial charge in [-0.25, -0.2) is 0 Å². The highest BCUT2D eigenvalue weighted by Gasteiger charge is 2.19. The predicted octanol–water partition coefficient (Wildman–Crippen LogP) is 15.9. The number of allylic oxidation sites excluding steroid dienone is 1. The highest BCUT2D eigenvalue weighted by molar-refractivity contribution is 6.29. The molecule has 0 saturated carbocycles. The minimum atomic E-state index is 0.956. The van der Waals surface area contributed by atoms with Crippen molar-refractivity contribution in [3.05, 3.63) is 223 Å². The molecule has 0 unspecified atom stereocenters. The highest BCUT2D eigenvalue weighted by atomic mass is 14.2. The fourth-order valence-corrected chi connectivity index (χ4v) is 8.89. The zero-order chi connectivity index (χ0) is 38.1. The molecule has 0 saturated heterocycles. The number of benzene rings is 10. The van der Waals surface area contributed by atoms with Gasteiger partial charge in [0.25, 0.3) is 0 Å². The van der Waals surface area contributed by atoms with E-state index in [4.69, 9.17) is 0 Å². The van der Waals surface area contributed by atoms with Crippen molar-refractivity contribution in [2.75, 3.05) is 0 Å². The van der Waals surface area contributed by atoms with E-state index in [1.807, 2.05) is 0 Å². The van der Waals surface area contributed by atoms with Gasteiger partial charge in [0.05, 0.1) is 0 Å². The molecular formula is C57H42. The van der Waals surface area contributed by atoms with Crippen molar-refractivity contribution >= 4 is 38.4 Å². The molecule has 57 heavy (non-hydrogen) atoms. The van der Waals surface area contributed by atoms with Gasteiger partial charge in [-0.15, -0.1) is 0 Å². The molecule has 0 spiro atoms. The van der Waals surface area contributed by atoms with Crippen molar-refractivity contribution in [2.24, 2.45) is 0 Å². The summed E-state index contributed by atoms with van der Waals surface area (Å²) >= 11 is 0. The van der Waals surface area contributed by atoms with Crippen LogP contribution >= 0.6 is 0 Å². The Morgan fingerprint density at radius 3 is 1.56 bits per heavy atom. The first-order valence-corrected chi connectivity index (χ1v) is 20.1. The van der Waals surface area contributed by atoms with Crippen LogP contribution in [0.1, 0.15) is 23.1 Å². The van der Waals surface area contributed by atoms with Gasteiger partial charge in [0.2, 0.25) is 0 Å². The van der Waals surface area contributed by atoms with Crippen LogP contribution in [0.25, 0.3) is 94.0 Å². The molecule has 0 aliphatic rings. The zero-order valence-corrected chi connectivity index (χ0v) is 32.1. The van der Waals surface area contributed by atoms with Gasteiger partial charge in [0.1, 0.15) is 0 Å². The second-order valence-electron chi connectivity index (χ2n) is 15.1. The smallest absolute Gasteiger partial charge is 0.00143 e. The van der Waals surface area contributed by atoms with Crippen molar-refractivity contribution in [3.63, 3.8) is 0 Å². The van der Waals surface area contributed by atoms with Crippen molar-refractivity contribution in [2.45, 2.75) is 19.8 Å². The average Bonchev–Trinajstić information content (AvgIpc) is 3.28. The summed E-state index contributed by atoms with van der Waals surface area (Å²) in [4.78, 5) is 0. The fraction of sp³-hybridized carbons (Fsp3) is 0.0526. The molecule has 0 atom stereocenters. The van der Waals surface area contributed by atoms with Gasteiger partial charge in [-0.2, -0.15) is 0 Å². The molecule has 0 amide bonds. The van der Waals surface area contributed by atoms with Crippen molar-refractivity contribution in [1.82, 2.24) is 0 Å². The van der Waals surface area contributed by atoms with Gasteiger partial charge in [-0.1, -0.05) is 206 Å². The van der Waals surface area contributed by atoms with Crippen molar-refractivity contribution < 1.29 is 0 Å². The Hall–Kier alpha value is -7.02. The first-order chi connectivity index (χ1) is 28.2. The van der Waals surface area contributed by atoms with Crippen LogP contribution in [-0.2, 0) is 6.42 Å². The molecule has 0 radical (unpaired) electrons. The van der Waals surface area contributed by atoms with Crippen molar-refractivity contribution in [3.8, 4) is 55.6 Å². The van der Waals surface area contributed by atoms with Crippen LogP contribution in [0.2, 0.25) is 0 Å². The first kappa shape index (κ1) is 34.5. The Kier molecular flexibility index (Phi) is 9.01. The lowest BCUT2D eigenvalue weighted by Gasteiger charge is -2.20. The molecule has 0 aromatic heterocycles. The van der Waals surface area contributed by atoms with E-state index >= 15 is 0 Å². The molecule has 0 fully saturated rings. The molecule has 10 aromatic rings. The number of hydrogen-bond acceptors (Lipinski definition) is 0. The standard InChI is InChI=1S/C57H42/c1-39-29-30-45(40-17-5-2-6-18-40)37-44(39)23-11-12-24-46-38-55(51-28-16-14-26-48(51)42-21-9-4-10-22-42)54-34-32-43-31-33-52(53-36-35-49(46)57(54)56(43)53)50-27-15-13-25-47(50)41-19-7-3-8-20-41/h2-10,12-22,24-38H,11,23H2,1H3/b24-12+. The van der Waals surface area contributed by atoms with Crippen LogP contribution in [0.15, 0.2) is 206 Å². The monoisotopic (exact) mass is 726 g/mol. The van der Waals surface area contributed by atoms with Crippen molar-refractivity contribution in [1.29, 1.82) is 0 Å². The SMILES string of the molecule is Cc1ccc(-c2ccccc2)cc1CC/C=C/c1cc(-c2ccccc2-c2ccccc2)c2ccc3ccc(-c4ccccc4-c4ccccc4)c4ccc1c2c34. The lowest BCUT2D eigenvalue weighted by molar-refractivity contribution is 0.991. The lowest BCUT2D eigenvalue weighted by atomic mass is 9.83. The van der Waals surface area contributed by atoms with E-state index in [1.54, 1.807) is 0 Å². The summed E-state index contributed by atoms with van der Waals surface area (Å²) in [5, 5.41) is 7.77. The normalized spacial score (nSPS) is 11.7. The third-order valence-electron chi connectivity index (χ3n) is 11.8. The number of aryl methyl sites for hydroxylation is 2. The van der Waals surface area contributed by atoms with E-state index in [1.165, 1.54) is 105 Å². The topological polar surface area (TPSA) is 0 Å². The molecule has 0 aliphatic carbocycles. The Morgan fingerprint density at radius 2 is 0.895 bits per heavy atom. The fourth-order valence-electron chi connectivity index (χ4n) is 8.89. The Labute approximate surface area is 335 Å². The highest BCUT2D eigenvalue weighted by Crippen LogP contribution is 2.46. The first-order valence-electron chi connectivity index (χ1n) is 20.1. The summed E-state index contributed by atoms with van der Waals surface area (Å²) in [6, 6.07) is 73.4. The summed E-state index contributed by atoms with van der Waals surface area (Å²) in [7, 11) is 0. The van der Waals surface area contributed by atoms with Gasteiger partial charge in [-0.3, -0.25) is 0 Å². The second-order valence-corrected chi connectivity index (χ2v) is 15.1. The van der Waals surface area contributed by atoms with Gasteiger partial charge in [0.15, 0.2) is 0 Å². The summed E-state index contributed by atoms with van der Waals surface area (Å²) in [5.41, 5.74) is 16.5. The molecule has 10 aromatic carbocycles. The molecule has 0 heteroatoms. The van der Waals surface area contributed by atoms with Crippen LogP contribution in [-0.4, -0.2) is 0 Å². The average molecular weight is 727 g/mol. The summed E-state index contributed by atoms with van der Waals surface area (Å²) < 4.78 is 0. The largest absolute Gasteiger partial charge is 0.0836 e. The Morgan fingerprint density at radius 1 is 0.368 bits per heavy atom. The summed E-state index contributed by atoms with van der Waals surface area (Å²) in [6.07, 6.45) is 6.71. The Balaban J connectivity index is 1.14. The molecule has 0 bridgehead atoms. The van der Waals surface area contributed by atoms with Crippen LogP contribution < -0.4 is 0 Å². The maximum absolute atomic E-state index is 2.44. The van der Waals surface area contributed by atoms with Gasteiger partial charge >= 0.3 is 0 Å². The summed E-state index contributed by atoms with van der Waals surface area (Å²) in [5.74, 6) is 0. The van der Waals surface area contributed by atoms with Crippen LogP contribution in [0.3, 0.4) is 0 Å². The number of hydrogen-bond donors (Lipinski definition) is 0. The quantitative estimate of drug-likeness (QED) is 0.130. The second kappa shape index (κ2) is 14.9. The third-order valence-corrected chi connectivity index (χ3v) is 11.8. The molecule has 0 heterocycles. The van der Waals surface area contributed by atoms with Crippen LogP contribution in [0.5, 0.6) is 0 Å². The van der Waals surface area contributed by atoms with E-state index in [0.29, 0.717) is 0 Å². The molecule has 0 nitrogen and oxygen atoms in total. The van der Waals surface area contributed by atoms with Gasteiger partial charge < -0.3 is 0 Å². The van der Waals surface area contributed by atoms with E-state index in [2.05, 4.69) is 219 Å². The molecule has 0 aliphatic heterocycles. The minimum absolute atomic E-state index is 0.956. The van der Waals surface area contributed by atoms with E-state index in [9.17, 15) is 0 Å². The summed E-state index contributed by atoms with van der Waals surface area (Å²) in [6.45, 7) is 2.23. The maximum Gasteiger partial charge on any atom is -0.00143 e. The predicted molar refractivity (Wildman–Crippen MR) is 246 cm³/mol.